The molecule has 0 bridgehead atoms. The van der Waals surface area contributed by atoms with Crippen molar-refractivity contribution < 1.29 is 32.6 Å². The van der Waals surface area contributed by atoms with Crippen molar-refractivity contribution in [3.8, 4) is 5.75 Å². The average Bonchev–Trinajstić information content (AvgIpc) is 3.44. The van der Waals surface area contributed by atoms with E-state index >= 15 is 0 Å². The molecule has 1 saturated heterocycles. The molecule has 1 heterocycles. The molecule has 0 radical (unpaired) electrons. The topological polar surface area (TPSA) is 95.6 Å². The highest BCUT2D eigenvalue weighted by Crippen LogP contribution is 2.47. The van der Waals surface area contributed by atoms with E-state index in [4.69, 9.17) is 23.3 Å². The summed E-state index contributed by atoms with van der Waals surface area (Å²) in [4.78, 5) is 12.1. The minimum atomic E-state index is -3.26. The molecule has 0 aliphatic carbocycles. The molecule has 0 aromatic heterocycles. The third-order valence-corrected chi connectivity index (χ3v) is 5.68. The molecule has 1 aromatic rings. The Balaban J connectivity index is 1.91. The predicted molar refractivity (Wildman–Crippen MR) is 109 cm³/mol. The molecule has 1 aliphatic rings. The van der Waals surface area contributed by atoms with E-state index in [0.29, 0.717) is 18.8 Å². The number of rotatable bonds is 11. The zero-order chi connectivity index (χ0) is 21.5. The molecule has 1 N–H and O–H groups in total. The molecule has 8 nitrogen and oxygen atoms in total. The number of amides is 1. The molecular weight excluding hydrogens is 397 g/mol. The van der Waals surface area contributed by atoms with Crippen LogP contribution in [0.3, 0.4) is 0 Å². The third kappa shape index (κ3) is 8.74. The largest absolute Gasteiger partial charge is 0.481 e. The van der Waals surface area contributed by atoms with Gasteiger partial charge in [-0.25, -0.2) is 4.79 Å². The number of carbonyl (C=O) groups excluding carboxylic acids is 1. The van der Waals surface area contributed by atoms with Crippen molar-refractivity contribution in [3.05, 3.63) is 29.8 Å². The third-order valence-electron chi connectivity index (χ3n) is 3.93. The van der Waals surface area contributed by atoms with Gasteiger partial charge in [0, 0.05) is 0 Å². The molecule has 29 heavy (non-hydrogen) atoms. The van der Waals surface area contributed by atoms with Gasteiger partial charge in [-0.3, -0.25) is 4.57 Å². The second-order valence-electron chi connectivity index (χ2n) is 7.69. The Hall–Kier alpha value is -1.60. The van der Waals surface area contributed by atoms with Crippen molar-refractivity contribution >= 4 is 13.7 Å². The van der Waals surface area contributed by atoms with Crippen LogP contribution in [0.15, 0.2) is 24.3 Å². The van der Waals surface area contributed by atoms with Crippen molar-refractivity contribution in [2.45, 2.75) is 58.8 Å². The highest BCUT2D eigenvalue weighted by atomic mass is 31.2. The van der Waals surface area contributed by atoms with E-state index in [-0.39, 0.29) is 31.7 Å². The number of benzene rings is 1. The molecule has 0 unspecified atom stereocenters. The first-order valence-corrected chi connectivity index (χ1v) is 11.6. The molecular formula is C20H32NO7P. The van der Waals surface area contributed by atoms with E-state index < -0.39 is 19.3 Å². The molecule has 2 rings (SSSR count). The van der Waals surface area contributed by atoms with E-state index in [1.54, 1.807) is 26.0 Å². The number of nitrogens with one attached hydrogen (secondary N) is 1. The van der Waals surface area contributed by atoms with E-state index in [0.717, 1.165) is 5.56 Å². The molecule has 2 atom stereocenters. The van der Waals surface area contributed by atoms with Crippen LogP contribution in [-0.2, 0) is 29.5 Å². The zero-order valence-corrected chi connectivity index (χ0v) is 18.7. The van der Waals surface area contributed by atoms with Crippen LogP contribution in [0.1, 0.15) is 40.2 Å². The van der Waals surface area contributed by atoms with Gasteiger partial charge < -0.3 is 28.6 Å². The van der Waals surface area contributed by atoms with Gasteiger partial charge in [0.2, 0.25) is 0 Å². The van der Waals surface area contributed by atoms with E-state index in [1.807, 2.05) is 32.9 Å². The minimum Gasteiger partial charge on any atom is -0.481 e. The van der Waals surface area contributed by atoms with Gasteiger partial charge in [-0.1, -0.05) is 12.1 Å². The van der Waals surface area contributed by atoms with Gasteiger partial charge in [-0.2, -0.15) is 0 Å². The van der Waals surface area contributed by atoms with Gasteiger partial charge in [-0.15, -0.1) is 0 Å². The Morgan fingerprint density at radius 3 is 2.28 bits per heavy atom. The molecule has 1 fully saturated rings. The van der Waals surface area contributed by atoms with Crippen LogP contribution in [-0.4, -0.2) is 50.0 Å². The number of alkyl carbamates (subject to hydrolysis) is 1. The maximum absolute atomic E-state index is 12.4. The lowest BCUT2D eigenvalue weighted by Crippen LogP contribution is -2.43. The summed E-state index contributed by atoms with van der Waals surface area (Å²) in [5.41, 5.74) is 0.451. The standard InChI is InChI=1S/C20H32NO7P/c1-6-26-29(23,27-7-2)14-25-16-10-8-15(9-11-16)12-17(18-13-24-18)21-19(22)28-20(3,4)5/h8-11,17-18H,6-7,12-14H2,1-5H3,(H,21,22)/t17-,18+/m0/s1. The van der Waals surface area contributed by atoms with Crippen molar-refractivity contribution in [1.29, 1.82) is 0 Å². The highest BCUT2D eigenvalue weighted by molar-refractivity contribution is 7.53. The SMILES string of the molecule is CCOP(=O)(COc1ccc(C[C@H](NC(=O)OC(C)(C)C)[C@H]2CO2)cc1)OCC. The number of hydrogen-bond donors (Lipinski definition) is 1. The summed E-state index contributed by atoms with van der Waals surface area (Å²) >= 11 is 0. The van der Waals surface area contributed by atoms with E-state index in [1.165, 1.54) is 0 Å². The van der Waals surface area contributed by atoms with Crippen molar-refractivity contribution in [2.24, 2.45) is 0 Å². The summed E-state index contributed by atoms with van der Waals surface area (Å²) in [6.45, 7) is 10.2. The predicted octanol–water partition coefficient (Wildman–Crippen LogP) is 4.12. The maximum Gasteiger partial charge on any atom is 0.407 e. The summed E-state index contributed by atoms with van der Waals surface area (Å²) in [7, 11) is -3.26. The summed E-state index contributed by atoms with van der Waals surface area (Å²) in [5.74, 6) is 0.563. The van der Waals surface area contributed by atoms with Gasteiger partial charge in [0.25, 0.3) is 0 Å². The molecule has 1 aliphatic heterocycles. The van der Waals surface area contributed by atoms with Gasteiger partial charge in [0.1, 0.15) is 17.5 Å². The Bertz CT molecular complexity index is 688. The Morgan fingerprint density at radius 2 is 1.79 bits per heavy atom. The smallest absolute Gasteiger partial charge is 0.407 e. The van der Waals surface area contributed by atoms with Crippen molar-refractivity contribution in [3.63, 3.8) is 0 Å². The van der Waals surface area contributed by atoms with E-state index in [9.17, 15) is 9.36 Å². The number of hydrogen-bond acceptors (Lipinski definition) is 7. The molecule has 1 amide bonds. The van der Waals surface area contributed by atoms with Crippen molar-refractivity contribution in [1.82, 2.24) is 5.32 Å². The number of carbonyl (C=O) groups is 1. The lowest BCUT2D eigenvalue weighted by Gasteiger charge is -2.23. The Kier molecular flexibility index (Phi) is 8.52. The van der Waals surface area contributed by atoms with Gasteiger partial charge in [0.05, 0.1) is 25.9 Å². The Morgan fingerprint density at radius 1 is 1.21 bits per heavy atom. The first-order valence-electron chi connectivity index (χ1n) is 9.85. The maximum atomic E-state index is 12.4. The molecule has 1 aromatic carbocycles. The number of epoxide rings is 1. The number of ether oxygens (including phenoxy) is 3. The van der Waals surface area contributed by atoms with Gasteiger partial charge >= 0.3 is 13.7 Å². The Labute approximate surface area is 172 Å². The fourth-order valence-electron chi connectivity index (χ4n) is 2.66. The van der Waals surface area contributed by atoms with Crippen molar-refractivity contribution in [2.75, 3.05) is 26.2 Å². The van der Waals surface area contributed by atoms with Crippen LogP contribution in [0.5, 0.6) is 5.75 Å². The minimum absolute atomic E-state index is 0.0123. The zero-order valence-electron chi connectivity index (χ0n) is 17.8. The first-order chi connectivity index (χ1) is 13.6. The molecule has 164 valence electrons. The van der Waals surface area contributed by atoms with Crippen LogP contribution in [0.4, 0.5) is 4.79 Å². The van der Waals surface area contributed by atoms with Crippen LogP contribution >= 0.6 is 7.60 Å². The monoisotopic (exact) mass is 429 g/mol. The second kappa shape index (κ2) is 10.4. The van der Waals surface area contributed by atoms with Crippen LogP contribution < -0.4 is 10.1 Å². The first kappa shape index (κ1) is 23.7. The van der Waals surface area contributed by atoms with Gasteiger partial charge in [0.15, 0.2) is 6.35 Å². The lowest BCUT2D eigenvalue weighted by atomic mass is 10.0. The average molecular weight is 429 g/mol. The quantitative estimate of drug-likeness (QED) is 0.417. The molecule has 9 heteroatoms. The summed E-state index contributed by atoms with van der Waals surface area (Å²) in [6, 6.07) is 7.19. The lowest BCUT2D eigenvalue weighted by molar-refractivity contribution is 0.0495. The summed E-state index contributed by atoms with van der Waals surface area (Å²) in [5, 5.41) is 2.88. The van der Waals surface area contributed by atoms with Crippen LogP contribution in [0.2, 0.25) is 0 Å². The van der Waals surface area contributed by atoms with E-state index in [2.05, 4.69) is 5.32 Å². The fraction of sp³-hybridized carbons (Fsp3) is 0.650. The van der Waals surface area contributed by atoms with Crippen LogP contribution in [0.25, 0.3) is 0 Å². The molecule has 0 spiro atoms. The highest BCUT2D eigenvalue weighted by Gasteiger charge is 2.35. The second-order valence-corrected chi connectivity index (χ2v) is 9.69. The fourth-order valence-corrected chi connectivity index (χ4v) is 3.97. The summed E-state index contributed by atoms with van der Waals surface area (Å²) in [6.07, 6.45) is -0.0184. The normalized spacial score (nSPS) is 17.5. The molecule has 0 saturated carbocycles. The van der Waals surface area contributed by atoms with Crippen LogP contribution in [0, 0.1) is 0 Å². The van der Waals surface area contributed by atoms with Gasteiger partial charge in [-0.05, 0) is 58.7 Å². The summed E-state index contributed by atoms with van der Waals surface area (Å²) < 4.78 is 39.2.